The van der Waals surface area contributed by atoms with E-state index in [1.54, 1.807) is 0 Å². The molecule has 0 aromatic carbocycles. The minimum absolute atomic E-state index is 0.199. The quantitative estimate of drug-likeness (QED) is 0.415. The number of quaternary nitrogens is 1. The standard InChI is InChI=1S/C8H19NO4S/c1-4-5-8(14(11,12)13)6-7-9(2,3)10/h8H,4-7H2,1-3H3,(H,11,12,13). The molecule has 0 aromatic rings. The predicted molar refractivity (Wildman–Crippen MR) is 55.2 cm³/mol. The highest BCUT2D eigenvalue weighted by atomic mass is 32.2. The van der Waals surface area contributed by atoms with Crippen molar-refractivity contribution in [1.82, 2.24) is 0 Å². The lowest BCUT2D eigenvalue weighted by Gasteiger charge is -2.34. The second kappa shape index (κ2) is 5.06. The molecule has 1 unspecified atom stereocenters. The van der Waals surface area contributed by atoms with E-state index in [0.717, 1.165) is 0 Å². The van der Waals surface area contributed by atoms with Gasteiger partial charge in [0.1, 0.15) is 0 Å². The van der Waals surface area contributed by atoms with E-state index in [1.165, 1.54) is 14.1 Å². The van der Waals surface area contributed by atoms with Crippen LogP contribution in [0.5, 0.6) is 0 Å². The van der Waals surface area contributed by atoms with Crippen LogP contribution in [0.1, 0.15) is 26.2 Å². The summed E-state index contributed by atoms with van der Waals surface area (Å²) >= 11 is 0. The normalized spacial score (nSPS) is 15.5. The zero-order valence-corrected chi connectivity index (χ0v) is 9.75. The van der Waals surface area contributed by atoms with Crippen molar-refractivity contribution in [2.45, 2.75) is 31.4 Å². The van der Waals surface area contributed by atoms with Crippen LogP contribution in [0.4, 0.5) is 0 Å². The highest BCUT2D eigenvalue weighted by Gasteiger charge is 2.23. The summed E-state index contributed by atoms with van der Waals surface area (Å²) in [5.41, 5.74) is 0. The lowest BCUT2D eigenvalue weighted by molar-refractivity contribution is -0.840. The van der Waals surface area contributed by atoms with Crippen molar-refractivity contribution in [1.29, 1.82) is 0 Å². The molecule has 5 nitrogen and oxygen atoms in total. The van der Waals surface area contributed by atoms with Crippen molar-refractivity contribution in [2.24, 2.45) is 0 Å². The summed E-state index contributed by atoms with van der Waals surface area (Å²) in [5.74, 6) is 0. The lowest BCUT2D eigenvalue weighted by atomic mass is 10.2. The first-order valence-corrected chi connectivity index (χ1v) is 6.17. The van der Waals surface area contributed by atoms with Gasteiger partial charge in [-0.05, 0) is 6.42 Å². The van der Waals surface area contributed by atoms with E-state index < -0.39 is 20.0 Å². The molecule has 0 aliphatic heterocycles. The van der Waals surface area contributed by atoms with Crippen molar-refractivity contribution in [3.05, 3.63) is 5.21 Å². The number of hydrogen-bond donors (Lipinski definition) is 1. The smallest absolute Gasteiger partial charge is 0.267 e. The van der Waals surface area contributed by atoms with Gasteiger partial charge >= 0.3 is 0 Å². The molecule has 1 atom stereocenters. The number of hydrogen-bond acceptors (Lipinski definition) is 3. The monoisotopic (exact) mass is 225 g/mol. The third-order valence-corrected chi connectivity index (χ3v) is 3.34. The SMILES string of the molecule is CCCC(CC[N+](C)(C)[O-])S(=O)(=O)O. The van der Waals surface area contributed by atoms with E-state index in [2.05, 4.69) is 0 Å². The van der Waals surface area contributed by atoms with Crippen LogP contribution >= 0.6 is 0 Å². The van der Waals surface area contributed by atoms with E-state index in [1.807, 2.05) is 6.92 Å². The molecule has 0 aliphatic carbocycles. The summed E-state index contributed by atoms with van der Waals surface area (Å²) in [6.45, 7) is 2.04. The summed E-state index contributed by atoms with van der Waals surface area (Å²) in [6, 6.07) is 0. The van der Waals surface area contributed by atoms with Gasteiger partial charge in [-0.2, -0.15) is 8.42 Å². The molecule has 0 spiro atoms. The van der Waals surface area contributed by atoms with Crippen LogP contribution < -0.4 is 0 Å². The third kappa shape index (κ3) is 6.31. The second-order valence-corrected chi connectivity index (χ2v) is 5.71. The van der Waals surface area contributed by atoms with E-state index >= 15 is 0 Å². The Kier molecular flexibility index (Phi) is 5.00. The summed E-state index contributed by atoms with van der Waals surface area (Å²) in [6.07, 6.45) is 1.29. The molecule has 0 heterocycles. The van der Waals surface area contributed by atoms with Gasteiger partial charge in [0, 0.05) is 6.42 Å². The van der Waals surface area contributed by atoms with E-state index in [0.29, 0.717) is 12.8 Å². The zero-order valence-electron chi connectivity index (χ0n) is 8.93. The minimum atomic E-state index is -4.00. The zero-order chi connectivity index (χ0) is 11.4. The van der Waals surface area contributed by atoms with Gasteiger partial charge in [0.2, 0.25) is 0 Å². The Labute approximate surface area is 85.6 Å². The fourth-order valence-corrected chi connectivity index (χ4v) is 2.16. The summed E-state index contributed by atoms with van der Waals surface area (Å²) in [4.78, 5) is 0. The predicted octanol–water partition coefficient (Wildman–Crippen LogP) is 1.01. The average Bonchev–Trinajstić information content (AvgIpc) is 1.93. The molecular weight excluding hydrogens is 206 g/mol. The highest BCUT2D eigenvalue weighted by Crippen LogP contribution is 2.13. The molecule has 0 bridgehead atoms. The third-order valence-electron chi connectivity index (χ3n) is 2.02. The summed E-state index contributed by atoms with van der Waals surface area (Å²) in [5, 5.41) is 10.4. The van der Waals surface area contributed by atoms with Gasteiger partial charge in [-0.25, -0.2) is 0 Å². The number of hydroxylamine groups is 3. The first-order valence-electron chi connectivity index (χ1n) is 4.67. The van der Waals surface area contributed by atoms with Gasteiger partial charge < -0.3 is 9.85 Å². The fourth-order valence-electron chi connectivity index (χ4n) is 1.22. The van der Waals surface area contributed by atoms with Crippen LogP contribution in [0.25, 0.3) is 0 Å². The first-order chi connectivity index (χ1) is 6.17. The van der Waals surface area contributed by atoms with E-state index in [-0.39, 0.29) is 13.0 Å². The molecule has 0 saturated heterocycles. The molecule has 14 heavy (non-hydrogen) atoms. The van der Waals surface area contributed by atoms with Crippen LogP contribution in [0.3, 0.4) is 0 Å². The van der Waals surface area contributed by atoms with Gasteiger partial charge in [0.25, 0.3) is 10.1 Å². The van der Waals surface area contributed by atoms with Crippen molar-refractivity contribution in [3.8, 4) is 0 Å². The van der Waals surface area contributed by atoms with Crippen LogP contribution in [-0.2, 0) is 10.1 Å². The topological polar surface area (TPSA) is 77.4 Å². The molecule has 0 fully saturated rings. The Balaban J connectivity index is 4.26. The molecular formula is C8H19NO4S. The summed E-state index contributed by atoms with van der Waals surface area (Å²) < 4.78 is 30.1. The Morgan fingerprint density at radius 1 is 1.36 bits per heavy atom. The van der Waals surface area contributed by atoms with Gasteiger partial charge in [0.05, 0.1) is 25.9 Å². The van der Waals surface area contributed by atoms with E-state index in [9.17, 15) is 13.6 Å². The maximum atomic E-state index is 11.2. The van der Waals surface area contributed by atoms with E-state index in [4.69, 9.17) is 4.55 Å². The van der Waals surface area contributed by atoms with Crippen LogP contribution in [-0.4, -0.2) is 43.5 Å². The van der Waals surface area contributed by atoms with Crippen molar-refractivity contribution >= 4 is 10.1 Å². The first kappa shape index (κ1) is 13.8. The van der Waals surface area contributed by atoms with Gasteiger partial charge in [-0.3, -0.25) is 4.55 Å². The van der Waals surface area contributed by atoms with Crippen molar-refractivity contribution < 1.29 is 17.6 Å². The van der Waals surface area contributed by atoms with Crippen LogP contribution in [0, 0.1) is 5.21 Å². The molecule has 0 aliphatic rings. The molecule has 86 valence electrons. The highest BCUT2D eigenvalue weighted by molar-refractivity contribution is 7.86. The Hall–Kier alpha value is -0.170. The van der Waals surface area contributed by atoms with Crippen molar-refractivity contribution in [2.75, 3.05) is 20.6 Å². The second-order valence-electron chi connectivity index (χ2n) is 4.01. The lowest BCUT2D eigenvalue weighted by Crippen LogP contribution is -2.36. The molecule has 0 aromatic heterocycles. The fraction of sp³-hybridized carbons (Fsp3) is 1.00. The van der Waals surface area contributed by atoms with Crippen LogP contribution in [0.15, 0.2) is 0 Å². The maximum Gasteiger partial charge on any atom is 0.267 e. The van der Waals surface area contributed by atoms with Gasteiger partial charge in [-0.15, -0.1) is 0 Å². The van der Waals surface area contributed by atoms with Crippen LogP contribution in [0.2, 0.25) is 0 Å². The molecule has 0 saturated carbocycles. The number of rotatable bonds is 6. The molecule has 6 heteroatoms. The Morgan fingerprint density at radius 2 is 1.86 bits per heavy atom. The minimum Gasteiger partial charge on any atom is -0.633 e. The van der Waals surface area contributed by atoms with Gasteiger partial charge in [-0.1, -0.05) is 13.3 Å². The Morgan fingerprint density at radius 3 is 2.14 bits per heavy atom. The average molecular weight is 225 g/mol. The molecule has 0 rings (SSSR count). The van der Waals surface area contributed by atoms with Crippen molar-refractivity contribution in [3.63, 3.8) is 0 Å². The largest absolute Gasteiger partial charge is 0.633 e. The number of nitrogens with zero attached hydrogens (tertiary/aromatic N) is 1. The molecule has 1 N–H and O–H groups in total. The molecule has 0 radical (unpaired) electrons. The molecule has 0 amide bonds. The van der Waals surface area contributed by atoms with Gasteiger partial charge in [0.15, 0.2) is 0 Å². The maximum absolute atomic E-state index is 11.2. The summed E-state index contributed by atoms with van der Waals surface area (Å²) in [7, 11) is -1.10. The Bertz CT molecular complexity index is 255.